The van der Waals surface area contributed by atoms with E-state index in [1.807, 2.05) is 13.1 Å². The van der Waals surface area contributed by atoms with Gasteiger partial charge in [0.1, 0.15) is 4.90 Å². The van der Waals surface area contributed by atoms with Crippen LogP contribution in [0.5, 0.6) is 0 Å². The molecule has 0 saturated heterocycles. The van der Waals surface area contributed by atoms with Gasteiger partial charge in [-0.1, -0.05) is 0 Å². The number of nitrogens with one attached hydrogen (secondary N) is 1. The van der Waals surface area contributed by atoms with Crippen molar-refractivity contribution in [3.05, 3.63) is 46.3 Å². The van der Waals surface area contributed by atoms with Crippen molar-refractivity contribution in [1.29, 1.82) is 0 Å². The molecule has 0 spiro atoms. The first-order valence-electron chi connectivity index (χ1n) is 6.31. The van der Waals surface area contributed by atoms with Crippen LogP contribution in [-0.2, 0) is 16.6 Å². The summed E-state index contributed by atoms with van der Waals surface area (Å²) in [6, 6.07) is 3.48. The van der Waals surface area contributed by atoms with Crippen molar-refractivity contribution in [2.45, 2.75) is 18.4 Å². The molecular formula is C12H15N5O4S. The van der Waals surface area contributed by atoms with E-state index in [-0.39, 0.29) is 16.3 Å². The summed E-state index contributed by atoms with van der Waals surface area (Å²) < 4.78 is 24.8. The van der Waals surface area contributed by atoms with Crippen LogP contribution in [0.2, 0.25) is 0 Å². The number of nitrogens with two attached hydrogens (primary N) is 1. The lowest BCUT2D eigenvalue weighted by molar-refractivity contribution is -0.385. The van der Waals surface area contributed by atoms with Crippen LogP contribution < -0.4 is 10.5 Å². The van der Waals surface area contributed by atoms with Gasteiger partial charge in [0.2, 0.25) is 10.0 Å². The first kappa shape index (κ1) is 15.9. The molecular weight excluding hydrogens is 310 g/mol. The Bertz CT molecular complexity index is 800. The number of primary sulfonamides is 1. The Hall–Kier alpha value is -2.46. The number of non-ortho nitro benzene ring substituents is 1. The number of hydrogen-bond donors (Lipinski definition) is 2. The number of nitro groups is 1. The summed E-state index contributed by atoms with van der Waals surface area (Å²) in [6.45, 7) is 2.81. The van der Waals surface area contributed by atoms with Gasteiger partial charge >= 0.3 is 0 Å². The van der Waals surface area contributed by atoms with Crippen LogP contribution in [0.3, 0.4) is 0 Å². The minimum Gasteiger partial charge on any atom is -0.382 e. The summed E-state index contributed by atoms with van der Waals surface area (Å²) >= 11 is 0. The standard InChI is InChI=1S/C12H15N5O4S/c1-9-7-15-16(8-9)5-4-14-11-3-2-10(17(18)19)6-12(11)22(13,20)21/h2-3,6-8,14H,4-5H2,1H3,(H2,13,20,21). The minimum absolute atomic E-state index is 0.219. The summed E-state index contributed by atoms with van der Waals surface area (Å²) in [4.78, 5) is 9.75. The molecule has 1 aromatic carbocycles. The highest BCUT2D eigenvalue weighted by Gasteiger charge is 2.18. The van der Waals surface area contributed by atoms with Gasteiger partial charge in [0.25, 0.3) is 5.69 Å². The number of sulfonamides is 1. The Balaban J connectivity index is 2.17. The molecule has 0 radical (unpaired) electrons. The lowest BCUT2D eigenvalue weighted by Gasteiger charge is -2.10. The van der Waals surface area contributed by atoms with Gasteiger partial charge in [0.05, 0.1) is 23.4 Å². The largest absolute Gasteiger partial charge is 0.382 e. The first-order valence-corrected chi connectivity index (χ1v) is 7.86. The average Bonchev–Trinajstić information content (AvgIpc) is 2.83. The van der Waals surface area contributed by atoms with Crippen molar-refractivity contribution in [1.82, 2.24) is 9.78 Å². The lowest BCUT2D eigenvalue weighted by atomic mass is 10.3. The molecule has 0 aliphatic rings. The highest BCUT2D eigenvalue weighted by atomic mass is 32.2. The smallest absolute Gasteiger partial charge is 0.270 e. The maximum absolute atomic E-state index is 11.6. The fourth-order valence-corrected chi connectivity index (χ4v) is 2.63. The number of nitrogens with zero attached hydrogens (tertiary/aromatic N) is 3. The number of aryl methyl sites for hydroxylation is 1. The predicted octanol–water partition coefficient (Wildman–Crippen LogP) is 0.859. The molecule has 1 heterocycles. The van der Waals surface area contributed by atoms with E-state index in [0.29, 0.717) is 13.1 Å². The average molecular weight is 325 g/mol. The van der Waals surface area contributed by atoms with Gasteiger partial charge in [-0.05, 0) is 18.6 Å². The third-order valence-electron chi connectivity index (χ3n) is 2.90. The fourth-order valence-electron chi connectivity index (χ4n) is 1.90. The number of rotatable bonds is 6. The molecule has 118 valence electrons. The zero-order valence-electron chi connectivity index (χ0n) is 11.8. The predicted molar refractivity (Wildman–Crippen MR) is 79.9 cm³/mol. The molecule has 0 bridgehead atoms. The van der Waals surface area contributed by atoms with Crippen LogP contribution in [0, 0.1) is 17.0 Å². The zero-order valence-corrected chi connectivity index (χ0v) is 12.6. The van der Waals surface area contributed by atoms with Crippen molar-refractivity contribution in [3.63, 3.8) is 0 Å². The van der Waals surface area contributed by atoms with Crippen LogP contribution in [0.15, 0.2) is 35.5 Å². The van der Waals surface area contributed by atoms with Gasteiger partial charge in [0.15, 0.2) is 0 Å². The molecule has 0 aliphatic heterocycles. The van der Waals surface area contributed by atoms with Crippen LogP contribution >= 0.6 is 0 Å². The molecule has 0 atom stereocenters. The fraction of sp³-hybridized carbons (Fsp3) is 0.250. The van der Waals surface area contributed by atoms with E-state index < -0.39 is 14.9 Å². The zero-order chi connectivity index (χ0) is 16.3. The molecule has 2 rings (SSSR count). The second kappa shape index (κ2) is 6.12. The molecule has 0 saturated carbocycles. The number of aromatic nitrogens is 2. The van der Waals surface area contributed by atoms with Crippen molar-refractivity contribution in [2.75, 3.05) is 11.9 Å². The Morgan fingerprint density at radius 3 is 2.73 bits per heavy atom. The number of anilines is 1. The van der Waals surface area contributed by atoms with Crippen LogP contribution in [0.4, 0.5) is 11.4 Å². The summed E-state index contributed by atoms with van der Waals surface area (Å²) in [7, 11) is -4.07. The summed E-state index contributed by atoms with van der Waals surface area (Å²) in [5.74, 6) is 0. The van der Waals surface area contributed by atoms with Gasteiger partial charge in [-0.25, -0.2) is 13.6 Å². The van der Waals surface area contributed by atoms with Gasteiger partial charge in [-0.15, -0.1) is 0 Å². The molecule has 22 heavy (non-hydrogen) atoms. The number of benzene rings is 1. The highest BCUT2D eigenvalue weighted by molar-refractivity contribution is 7.89. The second-order valence-corrected chi connectivity index (χ2v) is 6.22. The van der Waals surface area contributed by atoms with Crippen molar-refractivity contribution in [2.24, 2.45) is 5.14 Å². The second-order valence-electron chi connectivity index (χ2n) is 4.69. The molecule has 9 nitrogen and oxygen atoms in total. The van der Waals surface area contributed by atoms with E-state index >= 15 is 0 Å². The Kier molecular flexibility index (Phi) is 4.43. The van der Waals surface area contributed by atoms with E-state index in [9.17, 15) is 18.5 Å². The number of nitro benzene ring substituents is 1. The third kappa shape index (κ3) is 3.80. The van der Waals surface area contributed by atoms with E-state index in [4.69, 9.17) is 5.14 Å². The van der Waals surface area contributed by atoms with Gasteiger partial charge < -0.3 is 5.32 Å². The highest BCUT2D eigenvalue weighted by Crippen LogP contribution is 2.25. The molecule has 0 fully saturated rings. The van der Waals surface area contributed by atoms with Crippen LogP contribution in [0.25, 0.3) is 0 Å². The molecule has 10 heteroatoms. The quantitative estimate of drug-likeness (QED) is 0.597. The Morgan fingerprint density at radius 2 is 2.18 bits per heavy atom. The summed E-state index contributed by atoms with van der Waals surface area (Å²) in [5.41, 5.74) is 0.898. The Morgan fingerprint density at radius 1 is 1.45 bits per heavy atom. The topological polar surface area (TPSA) is 133 Å². The number of hydrogen-bond acceptors (Lipinski definition) is 6. The summed E-state index contributed by atoms with van der Waals surface area (Å²) in [5, 5.41) is 22.8. The molecule has 2 aromatic rings. The molecule has 0 amide bonds. The van der Waals surface area contributed by atoms with Crippen molar-refractivity contribution < 1.29 is 13.3 Å². The molecule has 3 N–H and O–H groups in total. The van der Waals surface area contributed by atoms with Gasteiger partial charge in [-0.2, -0.15) is 5.10 Å². The SMILES string of the molecule is Cc1cnn(CCNc2ccc([N+](=O)[O-])cc2S(N)(=O)=O)c1. The third-order valence-corrected chi connectivity index (χ3v) is 3.85. The maximum atomic E-state index is 11.6. The van der Waals surface area contributed by atoms with Gasteiger partial charge in [0, 0.05) is 24.9 Å². The van der Waals surface area contributed by atoms with Gasteiger partial charge in [-0.3, -0.25) is 14.8 Å². The maximum Gasteiger partial charge on any atom is 0.270 e. The monoisotopic (exact) mass is 325 g/mol. The van der Waals surface area contributed by atoms with Crippen molar-refractivity contribution in [3.8, 4) is 0 Å². The molecule has 0 unspecified atom stereocenters. The molecule has 0 aliphatic carbocycles. The lowest BCUT2D eigenvalue weighted by Crippen LogP contribution is -2.17. The van der Waals surface area contributed by atoms with Crippen LogP contribution in [0.1, 0.15) is 5.56 Å². The van der Waals surface area contributed by atoms with E-state index in [0.717, 1.165) is 11.6 Å². The van der Waals surface area contributed by atoms with E-state index in [1.54, 1.807) is 10.9 Å². The minimum atomic E-state index is -4.07. The van der Waals surface area contributed by atoms with Crippen molar-refractivity contribution >= 4 is 21.4 Å². The van der Waals surface area contributed by atoms with E-state index in [1.165, 1.54) is 12.1 Å². The molecule has 1 aromatic heterocycles. The van der Waals surface area contributed by atoms with E-state index in [2.05, 4.69) is 10.4 Å². The van der Waals surface area contributed by atoms with Crippen LogP contribution in [-0.4, -0.2) is 29.7 Å². The normalized spacial score (nSPS) is 11.4. The Labute approximate surface area is 126 Å². The first-order chi connectivity index (χ1) is 10.3. The summed E-state index contributed by atoms with van der Waals surface area (Å²) in [6.07, 6.45) is 3.56.